The second kappa shape index (κ2) is 17.8. The van der Waals surface area contributed by atoms with Gasteiger partial charge in [0.25, 0.3) is 0 Å². The first-order valence-electron chi connectivity index (χ1n) is 14.8. The number of hydrogen-bond donors (Lipinski definition) is 0. The molecule has 0 saturated carbocycles. The van der Waals surface area contributed by atoms with Crippen molar-refractivity contribution in [1.29, 1.82) is 0 Å². The number of rotatable bonds is 18. The van der Waals surface area contributed by atoms with Gasteiger partial charge in [0, 0.05) is 0 Å². The van der Waals surface area contributed by atoms with E-state index in [0.29, 0.717) is 16.6 Å². The SMILES string of the molecule is C/C(=C\CC/C(C)=C/CCc1ccoc1)CC/C=C(\C)CC/C=C(\C)CO[Si](C(C)C)(C(C)C)C(C)C. The largest absolute Gasteiger partial charge is 0.472 e. The van der Waals surface area contributed by atoms with Crippen LogP contribution in [0.2, 0.25) is 16.6 Å². The summed E-state index contributed by atoms with van der Waals surface area (Å²) < 4.78 is 11.9. The van der Waals surface area contributed by atoms with Gasteiger partial charge in [-0.1, -0.05) is 88.1 Å². The van der Waals surface area contributed by atoms with Crippen molar-refractivity contribution >= 4 is 8.32 Å². The van der Waals surface area contributed by atoms with Crippen molar-refractivity contribution in [3.8, 4) is 0 Å². The minimum Gasteiger partial charge on any atom is -0.472 e. The summed E-state index contributed by atoms with van der Waals surface area (Å²) in [5.74, 6) is 0. The maximum Gasteiger partial charge on any atom is 0.200 e. The molecule has 3 heteroatoms. The van der Waals surface area contributed by atoms with E-state index in [1.54, 1.807) is 6.26 Å². The Bertz CT molecular complexity index is 844. The molecule has 0 unspecified atom stereocenters. The van der Waals surface area contributed by atoms with E-state index < -0.39 is 8.32 Å². The van der Waals surface area contributed by atoms with Crippen molar-refractivity contribution in [2.45, 2.75) is 137 Å². The average molecular weight is 527 g/mol. The van der Waals surface area contributed by atoms with Crippen molar-refractivity contribution in [2.75, 3.05) is 6.61 Å². The summed E-state index contributed by atoms with van der Waals surface area (Å²) in [6.45, 7) is 24.0. The Morgan fingerprint density at radius 1 is 0.703 bits per heavy atom. The molecule has 0 N–H and O–H groups in total. The van der Waals surface area contributed by atoms with Crippen LogP contribution in [0.25, 0.3) is 0 Å². The highest BCUT2D eigenvalue weighted by atomic mass is 28.4. The first-order chi connectivity index (χ1) is 17.5. The number of aryl methyl sites for hydroxylation is 1. The topological polar surface area (TPSA) is 22.4 Å². The summed E-state index contributed by atoms with van der Waals surface area (Å²) in [6, 6.07) is 2.05. The van der Waals surface area contributed by atoms with Gasteiger partial charge in [-0.3, -0.25) is 0 Å². The van der Waals surface area contributed by atoms with Crippen molar-refractivity contribution in [2.24, 2.45) is 0 Å². The van der Waals surface area contributed by atoms with Gasteiger partial charge in [-0.2, -0.15) is 0 Å². The zero-order valence-electron chi connectivity index (χ0n) is 26.0. The molecule has 0 atom stereocenters. The van der Waals surface area contributed by atoms with Crippen LogP contribution >= 0.6 is 0 Å². The average Bonchev–Trinajstić information content (AvgIpc) is 3.32. The fourth-order valence-corrected chi connectivity index (χ4v) is 11.1. The zero-order chi connectivity index (χ0) is 27.8. The molecule has 1 heterocycles. The Morgan fingerprint density at radius 3 is 1.54 bits per heavy atom. The highest BCUT2D eigenvalue weighted by Gasteiger charge is 2.44. The third-order valence-electron chi connectivity index (χ3n) is 7.86. The summed E-state index contributed by atoms with van der Waals surface area (Å²) in [5.41, 5.74) is 9.09. The first-order valence-corrected chi connectivity index (χ1v) is 16.9. The summed E-state index contributed by atoms with van der Waals surface area (Å²) in [5, 5.41) is 0. The van der Waals surface area contributed by atoms with Gasteiger partial charge in [-0.15, -0.1) is 0 Å². The molecule has 0 aliphatic rings. The quantitative estimate of drug-likeness (QED) is 0.140. The van der Waals surface area contributed by atoms with Crippen LogP contribution in [0.3, 0.4) is 0 Å². The van der Waals surface area contributed by atoms with Crippen LogP contribution in [-0.2, 0) is 10.8 Å². The second-order valence-electron chi connectivity index (χ2n) is 12.1. The van der Waals surface area contributed by atoms with E-state index in [9.17, 15) is 0 Å². The van der Waals surface area contributed by atoms with E-state index in [4.69, 9.17) is 8.84 Å². The highest BCUT2D eigenvalue weighted by Crippen LogP contribution is 2.42. The molecule has 37 heavy (non-hydrogen) atoms. The summed E-state index contributed by atoms with van der Waals surface area (Å²) in [6.07, 6.45) is 22.2. The molecule has 0 bridgehead atoms. The minimum absolute atomic E-state index is 0.640. The predicted molar refractivity (Wildman–Crippen MR) is 167 cm³/mol. The Labute approximate surface area is 231 Å². The van der Waals surface area contributed by atoms with Gasteiger partial charge >= 0.3 is 0 Å². The molecule has 210 valence electrons. The Kier molecular flexibility index (Phi) is 16.1. The molecule has 0 aliphatic carbocycles. The number of hydrogen-bond acceptors (Lipinski definition) is 2. The smallest absolute Gasteiger partial charge is 0.200 e. The molecule has 1 aromatic rings. The fourth-order valence-electron chi connectivity index (χ4n) is 5.66. The Balaban J connectivity index is 2.34. The van der Waals surface area contributed by atoms with E-state index in [0.717, 1.165) is 58.0 Å². The van der Waals surface area contributed by atoms with E-state index in [1.165, 1.54) is 27.9 Å². The van der Waals surface area contributed by atoms with Crippen LogP contribution in [0.15, 0.2) is 69.6 Å². The van der Waals surface area contributed by atoms with Crippen LogP contribution in [0.5, 0.6) is 0 Å². The molecular weight excluding hydrogens is 468 g/mol. The van der Waals surface area contributed by atoms with Crippen LogP contribution in [-0.4, -0.2) is 14.9 Å². The van der Waals surface area contributed by atoms with Crippen LogP contribution in [0.1, 0.15) is 120 Å². The molecule has 0 amide bonds. The number of furan rings is 1. The molecule has 1 rings (SSSR count). The van der Waals surface area contributed by atoms with E-state index in [1.807, 2.05) is 6.26 Å². The van der Waals surface area contributed by atoms with Gasteiger partial charge in [0.05, 0.1) is 19.1 Å². The molecule has 0 saturated heterocycles. The molecule has 2 nitrogen and oxygen atoms in total. The molecule has 0 aromatic carbocycles. The maximum absolute atomic E-state index is 6.75. The molecule has 0 spiro atoms. The minimum atomic E-state index is -1.78. The van der Waals surface area contributed by atoms with Gasteiger partial charge in [0.15, 0.2) is 0 Å². The van der Waals surface area contributed by atoms with Crippen molar-refractivity contribution in [3.05, 3.63) is 70.8 Å². The normalized spacial score (nSPS) is 14.5. The van der Waals surface area contributed by atoms with Crippen LogP contribution < -0.4 is 0 Å². The summed E-state index contributed by atoms with van der Waals surface area (Å²) in [7, 11) is -1.78. The monoisotopic (exact) mass is 526 g/mol. The molecule has 0 aliphatic heterocycles. The highest BCUT2D eigenvalue weighted by molar-refractivity contribution is 6.77. The number of allylic oxidation sites excluding steroid dienone is 7. The third kappa shape index (κ3) is 12.7. The second-order valence-corrected chi connectivity index (χ2v) is 17.6. The maximum atomic E-state index is 6.75. The lowest BCUT2D eigenvalue weighted by molar-refractivity contribution is 0.307. The van der Waals surface area contributed by atoms with Crippen molar-refractivity contribution in [1.82, 2.24) is 0 Å². The Morgan fingerprint density at radius 2 is 1.14 bits per heavy atom. The third-order valence-corrected chi connectivity index (χ3v) is 13.9. The summed E-state index contributed by atoms with van der Waals surface area (Å²) >= 11 is 0. The van der Waals surface area contributed by atoms with E-state index in [2.05, 4.69) is 99.6 Å². The molecule has 1 aromatic heterocycles. The van der Waals surface area contributed by atoms with Gasteiger partial charge < -0.3 is 8.84 Å². The summed E-state index contributed by atoms with van der Waals surface area (Å²) in [4.78, 5) is 0. The van der Waals surface area contributed by atoms with Crippen molar-refractivity contribution < 1.29 is 8.84 Å². The molecular formula is C34H58O2Si. The first kappa shape index (κ1) is 33.4. The van der Waals surface area contributed by atoms with Gasteiger partial charge in [-0.25, -0.2) is 0 Å². The Hall–Kier alpha value is -1.58. The van der Waals surface area contributed by atoms with Gasteiger partial charge in [0.2, 0.25) is 8.32 Å². The lowest BCUT2D eigenvalue weighted by Gasteiger charge is -2.42. The van der Waals surface area contributed by atoms with E-state index in [-0.39, 0.29) is 0 Å². The zero-order valence-corrected chi connectivity index (χ0v) is 27.0. The van der Waals surface area contributed by atoms with Crippen LogP contribution in [0, 0.1) is 0 Å². The lowest BCUT2D eigenvalue weighted by Crippen LogP contribution is -2.48. The van der Waals surface area contributed by atoms with Crippen molar-refractivity contribution in [3.63, 3.8) is 0 Å². The lowest BCUT2D eigenvalue weighted by atomic mass is 10.0. The van der Waals surface area contributed by atoms with Gasteiger partial charge in [-0.05, 0) is 107 Å². The molecule has 0 radical (unpaired) electrons. The molecule has 0 fully saturated rings. The fraction of sp³-hybridized carbons (Fsp3) is 0.647. The van der Waals surface area contributed by atoms with Crippen LogP contribution in [0.4, 0.5) is 0 Å². The van der Waals surface area contributed by atoms with E-state index >= 15 is 0 Å². The standard InChI is InChI=1S/C34H58O2Si/c1-27(2)37(28(3)4,29(5)6)36-25-33(10)21-13-19-31(8)17-11-15-30(7)16-12-18-32(9)20-14-22-34-23-24-35-26-34/h16-17,20-21,23-24,26-29H,11-15,18-19,22,25H2,1-10H3/b30-16+,31-17+,32-20+,33-21+. The predicted octanol–water partition coefficient (Wildman–Crippen LogP) is 11.5. The van der Waals surface area contributed by atoms with Gasteiger partial charge in [0.1, 0.15) is 0 Å².